The van der Waals surface area contributed by atoms with Crippen molar-refractivity contribution >= 4 is 23.7 Å². The van der Waals surface area contributed by atoms with Gasteiger partial charge < -0.3 is 10.8 Å². The quantitative estimate of drug-likeness (QED) is 0.754. The Morgan fingerprint density at radius 3 is 2.83 bits per heavy atom. The van der Waals surface area contributed by atoms with E-state index in [1.54, 1.807) is 22.5 Å². The molecule has 0 fully saturated rings. The Labute approximate surface area is 107 Å². The van der Waals surface area contributed by atoms with Gasteiger partial charge in [-0.25, -0.2) is 0 Å². The number of aryl methyl sites for hydroxylation is 2. The molecule has 0 unspecified atom stereocenters. The number of aromatic nitrogens is 5. The minimum absolute atomic E-state index is 0.0998. The van der Waals surface area contributed by atoms with Gasteiger partial charge in [0.05, 0.1) is 17.1 Å². The van der Waals surface area contributed by atoms with Crippen molar-refractivity contribution in [1.82, 2.24) is 24.5 Å². The van der Waals surface area contributed by atoms with Gasteiger partial charge in [-0.2, -0.15) is 5.10 Å². The lowest BCUT2D eigenvalue weighted by Gasteiger charge is -2.04. The van der Waals surface area contributed by atoms with E-state index < -0.39 is 5.97 Å². The van der Waals surface area contributed by atoms with Crippen molar-refractivity contribution in [2.75, 3.05) is 11.5 Å². The van der Waals surface area contributed by atoms with Gasteiger partial charge in [-0.3, -0.25) is 14.0 Å². The maximum Gasteiger partial charge on any atom is 0.313 e. The molecule has 0 aliphatic carbocycles. The largest absolute Gasteiger partial charge is 0.481 e. The van der Waals surface area contributed by atoms with Crippen LogP contribution in [0.2, 0.25) is 0 Å². The van der Waals surface area contributed by atoms with Crippen molar-refractivity contribution in [2.24, 2.45) is 7.05 Å². The van der Waals surface area contributed by atoms with E-state index in [9.17, 15) is 4.79 Å². The van der Waals surface area contributed by atoms with E-state index in [4.69, 9.17) is 10.8 Å². The zero-order chi connectivity index (χ0) is 13.3. The molecular weight excluding hydrogens is 256 g/mol. The molecule has 3 N–H and O–H groups in total. The molecule has 2 heterocycles. The van der Waals surface area contributed by atoms with Crippen LogP contribution in [0.15, 0.2) is 11.4 Å². The van der Waals surface area contributed by atoms with Crippen molar-refractivity contribution < 1.29 is 9.90 Å². The highest BCUT2D eigenvalue weighted by atomic mass is 32.2. The van der Waals surface area contributed by atoms with Crippen LogP contribution in [0, 0.1) is 6.92 Å². The Bertz CT molecular complexity index is 590. The second-order valence-electron chi connectivity index (χ2n) is 3.63. The van der Waals surface area contributed by atoms with Gasteiger partial charge in [-0.05, 0) is 6.92 Å². The van der Waals surface area contributed by atoms with Crippen molar-refractivity contribution in [3.05, 3.63) is 11.9 Å². The average Bonchev–Trinajstić information content (AvgIpc) is 2.79. The predicted octanol–water partition coefficient (Wildman–Crippen LogP) is 0.0681. The fourth-order valence-electron chi connectivity index (χ4n) is 1.53. The molecule has 0 saturated carbocycles. The highest BCUT2D eigenvalue weighted by Crippen LogP contribution is 2.24. The summed E-state index contributed by atoms with van der Waals surface area (Å²) in [7, 11) is 1.79. The number of anilines is 1. The molecule has 0 atom stereocenters. The van der Waals surface area contributed by atoms with E-state index in [0.29, 0.717) is 5.16 Å². The third-order valence-corrected chi connectivity index (χ3v) is 3.13. The highest BCUT2D eigenvalue weighted by molar-refractivity contribution is 7.99. The van der Waals surface area contributed by atoms with E-state index in [1.165, 1.54) is 0 Å². The van der Waals surface area contributed by atoms with E-state index in [-0.39, 0.29) is 11.7 Å². The minimum Gasteiger partial charge on any atom is -0.481 e. The summed E-state index contributed by atoms with van der Waals surface area (Å²) in [4.78, 5) is 10.6. The van der Waals surface area contributed by atoms with Gasteiger partial charge in [-0.1, -0.05) is 11.8 Å². The fourth-order valence-corrected chi connectivity index (χ4v) is 2.21. The van der Waals surface area contributed by atoms with Crippen LogP contribution in [0.5, 0.6) is 0 Å². The molecule has 0 bridgehead atoms. The maximum absolute atomic E-state index is 10.6. The van der Waals surface area contributed by atoms with Crippen LogP contribution < -0.4 is 5.73 Å². The van der Waals surface area contributed by atoms with Gasteiger partial charge in [0.2, 0.25) is 5.95 Å². The number of carboxylic acids is 1. The molecule has 0 amide bonds. The van der Waals surface area contributed by atoms with Gasteiger partial charge >= 0.3 is 5.97 Å². The van der Waals surface area contributed by atoms with E-state index in [1.807, 2.05) is 6.92 Å². The number of thioether (sulfide) groups is 1. The molecule has 0 aliphatic rings. The lowest BCUT2D eigenvalue weighted by molar-refractivity contribution is -0.133. The van der Waals surface area contributed by atoms with Crippen molar-refractivity contribution in [3.63, 3.8) is 0 Å². The number of nitrogens with zero attached hydrogens (tertiary/aromatic N) is 5. The lowest BCUT2D eigenvalue weighted by Crippen LogP contribution is -2.05. The first-order valence-electron chi connectivity index (χ1n) is 5.05. The molecule has 0 aliphatic heterocycles. The predicted molar refractivity (Wildman–Crippen MR) is 65.6 cm³/mol. The van der Waals surface area contributed by atoms with Crippen LogP contribution in [0.4, 0.5) is 5.95 Å². The van der Waals surface area contributed by atoms with Crippen molar-refractivity contribution in [2.45, 2.75) is 12.1 Å². The second kappa shape index (κ2) is 4.69. The smallest absolute Gasteiger partial charge is 0.313 e. The Kier molecular flexibility index (Phi) is 3.24. The molecule has 18 heavy (non-hydrogen) atoms. The Hall–Kier alpha value is -2.03. The molecular formula is C9H12N6O2S. The highest BCUT2D eigenvalue weighted by Gasteiger charge is 2.16. The van der Waals surface area contributed by atoms with E-state index >= 15 is 0 Å². The minimum atomic E-state index is -0.920. The lowest BCUT2D eigenvalue weighted by atomic mass is 10.4. The average molecular weight is 268 g/mol. The Morgan fingerprint density at radius 1 is 1.56 bits per heavy atom. The first-order valence-corrected chi connectivity index (χ1v) is 6.03. The summed E-state index contributed by atoms with van der Waals surface area (Å²) in [5.74, 6) is -0.813. The summed E-state index contributed by atoms with van der Waals surface area (Å²) < 4.78 is 3.24. The van der Waals surface area contributed by atoms with Gasteiger partial charge in [0.15, 0.2) is 5.16 Å². The fraction of sp³-hybridized carbons (Fsp3) is 0.333. The number of hydrogen-bond donors (Lipinski definition) is 2. The van der Waals surface area contributed by atoms with Gasteiger partial charge in [0.1, 0.15) is 0 Å². The third-order valence-electron chi connectivity index (χ3n) is 2.21. The van der Waals surface area contributed by atoms with Crippen LogP contribution in [0.1, 0.15) is 5.69 Å². The zero-order valence-corrected chi connectivity index (χ0v) is 10.7. The Morgan fingerprint density at radius 2 is 2.28 bits per heavy atom. The molecule has 0 aromatic carbocycles. The molecule has 0 radical (unpaired) electrons. The summed E-state index contributed by atoms with van der Waals surface area (Å²) in [6.07, 6.45) is 1.78. The molecule has 96 valence electrons. The number of nitrogen functional groups attached to an aromatic ring is 1. The van der Waals surface area contributed by atoms with Crippen LogP contribution >= 0.6 is 11.8 Å². The second-order valence-corrected chi connectivity index (χ2v) is 4.57. The molecule has 0 saturated heterocycles. The Balaban J connectivity index is 2.40. The zero-order valence-electron chi connectivity index (χ0n) is 9.86. The summed E-state index contributed by atoms with van der Waals surface area (Å²) >= 11 is 1.06. The van der Waals surface area contributed by atoms with Gasteiger partial charge in [-0.15, -0.1) is 10.2 Å². The molecule has 2 aromatic heterocycles. The SMILES string of the molecule is Cc1nn(C)cc1-n1c(N)nnc1SCC(=O)O. The standard InChI is InChI=1S/C9H12N6O2S/c1-5-6(3-14(2)13-5)15-8(10)11-12-9(15)18-4-7(16)17/h3H,4H2,1-2H3,(H2,10,11)(H,16,17). The molecule has 8 nitrogen and oxygen atoms in total. The molecule has 2 rings (SSSR count). The van der Waals surface area contributed by atoms with Crippen LogP contribution in [-0.4, -0.2) is 41.4 Å². The van der Waals surface area contributed by atoms with E-state index in [0.717, 1.165) is 23.1 Å². The van der Waals surface area contributed by atoms with Crippen LogP contribution in [-0.2, 0) is 11.8 Å². The number of nitrogens with two attached hydrogens (primary N) is 1. The first-order chi connectivity index (χ1) is 8.49. The van der Waals surface area contributed by atoms with E-state index in [2.05, 4.69) is 15.3 Å². The molecule has 0 spiro atoms. The summed E-state index contributed by atoms with van der Waals surface area (Å²) in [6, 6.07) is 0. The van der Waals surface area contributed by atoms with Crippen molar-refractivity contribution in [3.8, 4) is 5.69 Å². The first kappa shape index (κ1) is 12.4. The summed E-state index contributed by atoms with van der Waals surface area (Å²) in [5, 5.41) is 20.9. The number of aliphatic carboxylic acids is 1. The van der Waals surface area contributed by atoms with Gasteiger partial charge in [0, 0.05) is 13.2 Å². The number of carbonyl (C=O) groups is 1. The molecule has 9 heteroatoms. The molecule has 2 aromatic rings. The third kappa shape index (κ3) is 2.30. The number of carboxylic acid groups (broad SMARTS) is 1. The summed E-state index contributed by atoms with van der Waals surface area (Å²) in [6.45, 7) is 1.83. The summed E-state index contributed by atoms with van der Waals surface area (Å²) in [5.41, 5.74) is 7.26. The number of hydrogen-bond acceptors (Lipinski definition) is 6. The van der Waals surface area contributed by atoms with Crippen molar-refractivity contribution in [1.29, 1.82) is 0 Å². The van der Waals surface area contributed by atoms with Crippen LogP contribution in [0.3, 0.4) is 0 Å². The number of rotatable bonds is 4. The monoisotopic (exact) mass is 268 g/mol. The normalized spacial score (nSPS) is 10.8. The van der Waals surface area contributed by atoms with Crippen LogP contribution in [0.25, 0.3) is 5.69 Å². The van der Waals surface area contributed by atoms with Gasteiger partial charge in [0.25, 0.3) is 0 Å². The topological polar surface area (TPSA) is 112 Å². The maximum atomic E-state index is 10.6.